The van der Waals surface area contributed by atoms with E-state index in [1.54, 1.807) is 12.1 Å². The number of nitrogens with one attached hydrogen (secondary N) is 1. The number of hydrogen-bond donors (Lipinski definition) is 2. The van der Waals surface area contributed by atoms with Gasteiger partial charge >= 0.3 is 5.97 Å². The molecule has 2 fully saturated rings. The van der Waals surface area contributed by atoms with E-state index >= 15 is 0 Å². The number of benzene rings is 2. The first-order chi connectivity index (χ1) is 14.5. The second kappa shape index (κ2) is 8.25. The Hall–Kier alpha value is -3.23. The number of carboxylic acids is 1. The molecule has 2 saturated heterocycles. The Kier molecular flexibility index (Phi) is 5.52. The van der Waals surface area contributed by atoms with Gasteiger partial charge in [-0.05, 0) is 23.3 Å². The first-order valence-electron chi connectivity index (χ1n) is 9.71. The van der Waals surface area contributed by atoms with Crippen molar-refractivity contribution in [2.75, 3.05) is 26.3 Å². The number of rotatable bonds is 5. The quantitative estimate of drug-likeness (QED) is 0.774. The maximum atomic E-state index is 12.6. The number of hydrogen-bond acceptors (Lipinski definition) is 5. The zero-order chi connectivity index (χ0) is 21.1. The second-order valence-electron chi connectivity index (χ2n) is 7.31. The molecule has 0 aromatic heterocycles. The van der Waals surface area contributed by atoms with E-state index in [0.717, 1.165) is 11.1 Å². The highest BCUT2D eigenvalue weighted by Crippen LogP contribution is 2.34. The van der Waals surface area contributed by atoms with Crippen LogP contribution < -0.4 is 5.32 Å². The summed E-state index contributed by atoms with van der Waals surface area (Å²) in [5, 5.41) is 12.0. The molecule has 8 nitrogen and oxygen atoms in total. The Morgan fingerprint density at radius 1 is 1.00 bits per heavy atom. The zero-order valence-electron chi connectivity index (χ0n) is 16.2. The highest BCUT2D eigenvalue weighted by molar-refractivity contribution is 5.97. The lowest BCUT2D eigenvalue weighted by Crippen LogP contribution is -2.46. The fourth-order valence-electron chi connectivity index (χ4n) is 3.83. The predicted octanol–water partition coefficient (Wildman–Crippen LogP) is 1.51. The van der Waals surface area contributed by atoms with Crippen molar-refractivity contribution < 1.29 is 29.0 Å². The van der Waals surface area contributed by atoms with Gasteiger partial charge in [0.15, 0.2) is 5.79 Å². The van der Waals surface area contributed by atoms with Gasteiger partial charge in [0.05, 0.1) is 26.3 Å². The molecular weight excluding hydrogens is 388 g/mol. The molecule has 2 heterocycles. The van der Waals surface area contributed by atoms with E-state index in [1.807, 2.05) is 42.5 Å². The van der Waals surface area contributed by atoms with Gasteiger partial charge in [-0.3, -0.25) is 9.59 Å². The lowest BCUT2D eigenvalue weighted by atomic mass is 10.0. The van der Waals surface area contributed by atoms with Crippen LogP contribution in [-0.2, 0) is 19.1 Å². The monoisotopic (exact) mass is 410 g/mol. The standard InChI is InChI=1S/C22H22N2O6/c25-19(24-14-22(29-10-11-30-22)12-18(24)21(27)28)13-23-20(26)17-8-6-16(7-9-17)15-4-2-1-3-5-15/h1-9,18H,10-14H2,(H,23,26)(H,27,28)/t18-/m0/s1. The van der Waals surface area contributed by atoms with Gasteiger partial charge in [0.2, 0.25) is 5.91 Å². The van der Waals surface area contributed by atoms with E-state index in [1.165, 1.54) is 4.90 Å². The molecule has 0 unspecified atom stereocenters. The molecule has 156 valence electrons. The summed E-state index contributed by atoms with van der Waals surface area (Å²) in [7, 11) is 0. The largest absolute Gasteiger partial charge is 0.480 e. The van der Waals surface area contributed by atoms with Gasteiger partial charge < -0.3 is 24.8 Å². The van der Waals surface area contributed by atoms with Crippen molar-refractivity contribution in [3.63, 3.8) is 0 Å². The van der Waals surface area contributed by atoms with Crippen molar-refractivity contribution in [2.45, 2.75) is 18.2 Å². The van der Waals surface area contributed by atoms with Gasteiger partial charge in [0.25, 0.3) is 5.91 Å². The zero-order valence-corrected chi connectivity index (χ0v) is 16.2. The number of carboxylic acid groups (broad SMARTS) is 1. The molecule has 2 amide bonds. The lowest BCUT2D eigenvalue weighted by Gasteiger charge is -2.23. The Labute approximate surface area is 173 Å². The minimum absolute atomic E-state index is 0.0322. The molecule has 2 aliphatic heterocycles. The first-order valence-corrected chi connectivity index (χ1v) is 9.71. The van der Waals surface area contributed by atoms with E-state index < -0.39 is 29.6 Å². The fourth-order valence-corrected chi connectivity index (χ4v) is 3.83. The van der Waals surface area contributed by atoms with Gasteiger partial charge in [0, 0.05) is 12.0 Å². The van der Waals surface area contributed by atoms with Crippen LogP contribution in [0.2, 0.25) is 0 Å². The van der Waals surface area contributed by atoms with Crippen molar-refractivity contribution in [1.29, 1.82) is 0 Å². The lowest BCUT2D eigenvalue weighted by molar-refractivity contribution is -0.152. The van der Waals surface area contributed by atoms with E-state index in [0.29, 0.717) is 18.8 Å². The molecular formula is C22H22N2O6. The summed E-state index contributed by atoms with van der Waals surface area (Å²) in [5.41, 5.74) is 2.43. The summed E-state index contributed by atoms with van der Waals surface area (Å²) >= 11 is 0. The number of ether oxygens (including phenoxy) is 2. The van der Waals surface area contributed by atoms with E-state index in [-0.39, 0.29) is 19.5 Å². The fraction of sp³-hybridized carbons (Fsp3) is 0.318. The van der Waals surface area contributed by atoms with Crippen LogP contribution in [0.3, 0.4) is 0 Å². The summed E-state index contributed by atoms with van der Waals surface area (Å²) in [5.74, 6) is -3.08. The molecule has 0 radical (unpaired) electrons. The molecule has 2 aromatic carbocycles. The normalized spacial score (nSPS) is 19.7. The van der Waals surface area contributed by atoms with Crippen LogP contribution in [0.15, 0.2) is 54.6 Å². The van der Waals surface area contributed by atoms with E-state index in [4.69, 9.17) is 9.47 Å². The third-order valence-electron chi connectivity index (χ3n) is 5.37. The molecule has 0 aliphatic carbocycles. The number of nitrogens with zero attached hydrogens (tertiary/aromatic N) is 1. The first kappa shape index (κ1) is 20.1. The molecule has 8 heteroatoms. The van der Waals surface area contributed by atoms with E-state index in [9.17, 15) is 19.5 Å². The highest BCUT2D eigenvalue weighted by Gasteiger charge is 2.52. The second-order valence-corrected chi connectivity index (χ2v) is 7.31. The van der Waals surface area contributed by atoms with Crippen molar-refractivity contribution in [3.05, 3.63) is 60.2 Å². The summed E-state index contributed by atoms with van der Waals surface area (Å²) in [6.45, 7) is 0.456. The van der Waals surface area contributed by atoms with Crippen LogP contribution in [0.5, 0.6) is 0 Å². The van der Waals surface area contributed by atoms with Gasteiger partial charge in [-0.1, -0.05) is 42.5 Å². The predicted molar refractivity (Wildman–Crippen MR) is 107 cm³/mol. The molecule has 2 aliphatic rings. The molecule has 1 spiro atoms. The van der Waals surface area contributed by atoms with Gasteiger partial charge in [-0.25, -0.2) is 4.79 Å². The Bertz CT molecular complexity index is 938. The summed E-state index contributed by atoms with van der Waals surface area (Å²) < 4.78 is 11.1. The van der Waals surface area contributed by atoms with Gasteiger partial charge in [0.1, 0.15) is 6.04 Å². The third kappa shape index (κ3) is 4.05. The van der Waals surface area contributed by atoms with Crippen LogP contribution in [-0.4, -0.2) is 65.9 Å². The summed E-state index contributed by atoms with van der Waals surface area (Å²) in [6.07, 6.45) is 0.0724. The number of carbonyl (C=O) groups is 3. The van der Waals surface area contributed by atoms with Crippen molar-refractivity contribution in [2.24, 2.45) is 0 Å². The molecule has 0 bridgehead atoms. The average molecular weight is 410 g/mol. The third-order valence-corrected chi connectivity index (χ3v) is 5.37. The molecule has 0 saturated carbocycles. The van der Waals surface area contributed by atoms with Crippen LogP contribution in [0, 0.1) is 0 Å². The average Bonchev–Trinajstić information content (AvgIpc) is 3.40. The van der Waals surface area contributed by atoms with Crippen molar-refractivity contribution in [3.8, 4) is 11.1 Å². The molecule has 2 aromatic rings. The van der Waals surface area contributed by atoms with Crippen LogP contribution in [0.4, 0.5) is 0 Å². The molecule has 30 heavy (non-hydrogen) atoms. The van der Waals surface area contributed by atoms with Gasteiger partial charge in [-0.2, -0.15) is 0 Å². The van der Waals surface area contributed by atoms with Crippen LogP contribution in [0.1, 0.15) is 16.8 Å². The Morgan fingerprint density at radius 2 is 1.63 bits per heavy atom. The van der Waals surface area contributed by atoms with Crippen molar-refractivity contribution >= 4 is 17.8 Å². The van der Waals surface area contributed by atoms with Crippen LogP contribution >= 0.6 is 0 Å². The molecule has 2 N–H and O–H groups in total. The Morgan fingerprint density at radius 3 is 2.27 bits per heavy atom. The van der Waals surface area contributed by atoms with Crippen LogP contribution in [0.25, 0.3) is 11.1 Å². The Balaban J connectivity index is 1.37. The summed E-state index contributed by atoms with van der Waals surface area (Å²) in [4.78, 5) is 37.8. The number of amides is 2. The van der Waals surface area contributed by atoms with Gasteiger partial charge in [-0.15, -0.1) is 0 Å². The van der Waals surface area contributed by atoms with Crippen molar-refractivity contribution in [1.82, 2.24) is 10.2 Å². The maximum absolute atomic E-state index is 12.6. The topological polar surface area (TPSA) is 105 Å². The maximum Gasteiger partial charge on any atom is 0.326 e. The number of likely N-dealkylation sites (tertiary alicyclic amines) is 1. The minimum Gasteiger partial charge on any atom is -0.480 e. The minimum atomic E-state index is -1.12. The van der Waals surface area contributed by atoms with E-state index in [2.05, 4.69) is 5.32 Å². The number of aliphatic carboxylic acids is 1. The highest BCUT2D eigenvalue weighted by atomic mass is 16.7. The SMILES string of the molecule is O=C(NCC(=O)N1CC2(C[C@H]1C(=O)O)OCCO2)c1ccc(-c2ccccc2)cc1. The smallest absolute Gasteiger partial charge is 0.326 e. The number of carbonyl (C=O) groups excluding carboxylic acids is 2. The summed E-state index contributed by atoms with van der Waals surface area (Å²) in [6, 6.07) is 15.8. The molecule has 1 atom stereocenters. The molecule has 4 rings (SSSR count).